The van der Waals surface area contributed by atoms with Crippen LogP contribution in [0.4, 0.5) is 10.1 Å². The van der Waals surface area contributed by atoms with Gasteiger partial charge in [-0.25, -0.2) is 4.39 Å². The first-order valence-electron chi connectivity index (χ1n) is 6.03. The molecule has 1 unspecified atom stereocenters. The normalized spacial score (nSPS) is 11.8. The van der Waals surface area contributed by atoms with Gasteiger partial charge in [0, 0.05) is 10.7 Å². The molecule has 0 saturated carbocycles. The van der Waals surface area contributed by atoms with Crippen molar-refractivity contribution in [3.05, 3.63) is 59.4 Å². The highest BCUT2D eigenvalue weighted by atomic mass is 35.5. The summed E-state index contributed by atoms with van der Waals surface area (Å²) >= 11 is 5.83. The van der Waals surface area contributed by atoms with E-state index in [1.54, 1.807) is 31.2 Å². The van der Waals surface area contributed by atoms with Crippen molar-refractivity contribution in [1.29, 1.82) is 0 Å². The molecule has 0 bridgehead atoms. The van der Waals surface area contributed by atoms with Crippen LogP contribution < -0.4 is 10.1 Å². The number of amides is 1. The van der Waals surface area contributed by atoms with E-state index in [9.17, 15) is 9.18 Å². The van der Waals surface area contributed by atoms with E-state index in [2.05, 4.69) is 5.32 Å². The second-order valence-electron chi connectivity index (χ2n) is 4.21. The molecular weight excluding hydrogens is 281 g/mol. The molecule has 0 spiro atoms. The van der Waals surface area contributed by atoms with Gasteiger partial charge in [-0.15, -0.1) is 0 Å². The lowest BCUT2D eigenvalue weighted by molar-refractivity contribution is -0.122. The molecule has 2 aromatic rings. The quantitative estimate of drug-likeness (QED) is 0.929. The van der Waals surface area contributed by atoms with Gasteiger partial charge < -0.3 is 10.1 Å². The first-order chi connectivity index (χ1) is 9.54. The molecule has 0 heterocycles. The summed E-state index contributed by atoms with van der Waals surface area (Å²) in [5, 5.41) is 3.23. The summed E-state index contributed by atoms with van der Waals surface area (Å²) in [4.78, 5) is 11.9. The second-order valence-corrected chi connectivity index (χ2v) is 4.65. The molecule has 0 saturated heterocycles. The van der Waals surface area contributed by atoms with Crippen LogP contribution in [0.2, 0.25) is 5.02 Å². The lowest BCUT2D eigenvalue weighted by Gasteiger charge is -2.14. The van der Waals surface area contributed by atoms with Crippen LogP contribution in [0.25, 0.3) is 0 Å². The Morgan fingerprint density at radius 2 is 1.95 bits per heavy atom. The molecule has 1 N–H and O–H groups in total. The summed E-state index contributed by atoms with van der Waals surface area (Å²) < 4.78 is 18.2. The fraction of sp³-hybridized carbons (Fsp3) is 0.133. The third-order valence-corrected chi connectivity index (χ3v) is 2.82. The van der Waals surface area contributed by atoms with E-state index in [1.807, 2.05) is 0 Å². The Morgan fingerprint density at radius 3 is 2.60 bits per heavy atom. The van der Waals surface area contributed by atoms with Crippen molar-refractivity contribution in [3.63, 3.8) is 0 Å². The molecule has 2 aromatic carbocycles. The van der Waals surface area contributed by atoms with E-state index in [4.69, 9.17) is 16.3 Å². The van der Waals surface area contributed by atoms with E-state index in [0.717, 1.165) is 0 Å². The van der Waals surface area contributed by atoms with Crippen molar-refractivity contribution < 1.29 is 13.9 Å². The highest BCUT2D eigenvalue weighted by Gasteiger charge is 2.14. The third-order valence-electron chi connectivity index (χ3n) is 2.59. The van der Waals surface area contributed by atoms with Crippen molar-refractivity contribution in [2.45, 2.75) is 13.0 Å². The van der Waals surface area contributed by atoms with Gasteiger partial charge in [-0.3, -0.25) is 4.79 Å². The fourth-order valence-corrected chi connectivity index (χ4v) is 1.77. The summed E-state index contributed by atoms with van der Waals surface area (Å²) in [7, 11) is 0. The predicted octanol–water partition coefficient (Wildman–Crippen LogP) is 3.89. The Labute approximate surface area is 121 Å². The highest BCUT2D eigenvalue weighted by Crippen LogP contribution is 2.17. The van der Waals surface area contributed by atoms with Crippen molar-refractivity contribution >= 4 is 23.2 Å². The van der Waals surface area contributed by atoms with E-state index in [-0.39, 0.29) is 11.7 Å². The molecule has 3 nitrogen and oxygen atoms in total. The van der Waals surface area contributed by atoms with Gasteiger partial charge in [0.15, 0.2) is 6.10 Å². The minimum Gasteiger partial charge on any atom is -0.481 e. The number of benzene rings is 2. The van der Waals surface area contributed by atoms with Gasteiger partial charge in [-0.05, 0) is 49.4 Å². The molecule has 0 aromatic heterocycles. The zero-order chi connectivity index (χ0) is 14.5. The topological polar surface area (TPSA) is 38.3 Å². The number of ether oxygens (including phenoxy) is 1. The van der Waals surface area contributed by atoms with Gasteiger partial charge in [-0.2, -0.15) is 0 Å². The molecule has 2 rings (SSSR count). The molecule has 0 aliphatic rings. The number of halogens is 2. The molecule has 0 radical (unpaired) electrons. The maximum Gasteiger partial charge on any atom is 0.265 e. The predicted molar refractivity (Wildman–Crippen MR) is 76.6 cm³/mol. The number of hydrogen-bond donors (Lipinski definition) is 1. The number of carbonyl (C=O) groups excluding carboxylic acids is 1. The lowest BCUT2D eigenvalue weighted by atomic mass is 10.3. The van der Waals surface area contributed by atoms with Gasteiger partial charge >= 0.3 is 0 Å². The molecular formula is C15H13ClFNO2. The van der Waals surface area contributed by atoms with E-state index < -0.39 is 6.10 Å². The Hall–Kier alpha value is -2.07. The maximum absolute atomic E-state index is 12.8. The smallest absolute Gasteiger partial charge is 0.265 e. The van der Waals surface area contributed by atoms with Gasteiger partial charge in [0.25, 0.3) is 5.91 Å². The standard InChI is InChI=1S/C15H13ClFNO2/c1-10(20-14-7-5-12(17)6-8-14)15(19)18-13-4-2-3-11(16)9-13/h2-10H,1H3,(H,18,19). The van der Waals surface area contributed by atoms with Crippen molar-refractivity contribution in [2.75, 3.05) is 5.32 Å². The molecule has 1 atom stereocenters. The third kappa shape index (κ3) is 3.96. The van der Waals surface area contributed by atoms with Crippen molar-refractivity contribution in [3.8, 4) is 5.75 Å². The van der Waals surface area contributed by atoms with Crippen LogP contribution in [0.5, 0.6) is 5.75 Å². The first kappa shape index (κ1) is 14.3. The molecule has 0 fully saturated rings. The average Bonchev–Trinajstić information content (AvgIpc) is 2.41. The minimum absolute atomic E-state index is 0.309. The Balaban J connectivity index is 1.96. The van der Waals surface area contributed by atoms with Crippen LogP contribution in [0.1, 0.15) is 6.92 Å². The Bertz CT molecular complexity index is 601. The van der Waals surface area contributed by atoms with E-state index >= 15 is 0 Å². The van der Waals surface area contributed by atoms with E-state index in [1.165, 1.54) is 24.3 Å². The number of carbonyl (C=O) groups is 1. The summed E-state index contributed by atoms with van der Waals surface area (Å²) in [6, 6.07) is 12.3. The lowest BCUT2D eigenvalue weighted by Crippen LogP contribution is -2.30. The van der Waals surface area contributed by atoms with Gasteiger partial charge in [0.05, 0.1) is 0 Å². The average molecular weight is 294 g/mol. The minimum atomic E-state index is -0.709. The zero-order valence-electron chi connectivity index (χ0n) is 10.8. The summed E-state index contributed by atoms with van der Waals surface area (Å²) in [5.41, 5.74) is 0.594. The second kappa shape index (κ2) is 6.39. The first-order valence-corrected chi connectivity index (χ1v) is 6.41. The monoisotopic (exact) mass is 293 g/mol. The highest BCUT2D eigenvalue weighted by molar-refractivity contribution is 6.30. The zero-order valence-corrected chi connectivity index (χ0v) is 11.5. The number of anilines is 1. The molecule has 0 aliphatic carbocycles. The van der Waals surface area contributed by atoms with E-state index in [0.29, 0.717) is 16.5 Å². The molecule has 104 valence electrons. The van der Waals surface area contributed by atoms with Gasteiger partial charge in [0.1, 0.15) is 11.6 Å². The van der Waals surface area contributed by atoms with Crippen LogP contribution in [-0.4, -0.2) is 12.0 Å². The Kier molecular flexibility index (Phi) is 4.58. The van der Waals surface area contributed by atoms with Crippen LogP contribution in [0.3, 0.4) is 0 Å². The van der Waals surface area contributed by atoms with Crippen LogP contribution >= 0.6 is 11.6 Å². The van der Waals surface area contributed by atoms with Crippen molar-refractivity contribution in [2.24, 2.45) is 0 Å². The summed E-state index contributed by atoms with van der Waals surface area (Å²) in [6.07, 6.45) is -0.709. The molecule has 0 aliphatic heterocycles. The molecule has 1 amide bonds. The summed E-state index contributed by atoms with van der Waals surface area (Å²) in [5.74, 6) is -0.231. The van der Waals surface area contributed by atoms with Gasteiger partial charge in [-0.1, -0.05) is 17.7 Å². The Morgan fingerprint density at radius 1 is 1.25 bits per heavy atom. The van der Waals surface area contributed by atoms with Crippen LogP contribution in [0.15, 0.2) is 48.5 Å². The van der Waals surface area contributed by atoms with Gasteiger partial charge in [0.2, 0.25) is 0 Å². The van der Waals surface area contributed by atoms with Crippen LogP contribution in [-0.2, 0) is 4.79 Å². The SMILES string of the molecule is CC(Oc1ccc(F)cc1)C(=O)Nc1cccc(Cl)c1. The van der Waals surface area contributed by atoms with Crippen LogP contribution in [0, 0.1) is 5.82 Å². The molecule has 20 heavy (non-hydrogen) atoms. The number of rotatable bonds is 4. The largest absolute Gasteiger partial charge is 0.481 e. The van der Waals surface area contributed by atoms with Crippen molar-refractivity contribution in [1.82, 2.24) is 0 Å². The summed E-state index contributed by atoms with van der Waals surface area (Å²) in [6.45, 7) is 1.61. The molecule has 5 heteroatoms. The number of nitrogens with one attached hydrogen (secondary N) is 1. The fourth-order valence-electron chi connectivity index (χ4n) is 1.58. The maximum atomic E-state index is 12.8. The number of hydrogen-bond acceptors (Lipinski definition) is 2.